The monoisotopic (exact) mass is 320 g/mol. The number of aromatic nitrogens is 1. The molecule has 5 heteroatoms. The second kappa shape index (κ2) is 8.31. The number of hydrogen-bond acceptors (Lipinski definition) is 5. The molecular weight excluding hydrogens is 292 g/mol. The molecule has 5 nitrogen and oxygen atoms in total. The van der Waals surface area contributed by atoms with Crippen molar-refractivity contribution < 1.29 is 14.3 Å². The largest absolute Gasteiger partial charge is 0.493 e. The lowest BCUT2D eigenvalue weighted by atomic mass is 10.1. The van der Waals surface area contributed by atoms with Crippen molar-refractivity contribution in [1.82, 2.24) is 10.3 Å². The van der Waals surface area contributed by atoms with Gasteiger partial charge in [0.2, 0.25) is 0 Å². The summed E-state index contributed by atoms with van der Waals surface area (Å²) in [6.45, 7) is 5.03. The van der Waals surface area contributed by atoms with Gasteiger partial charge in [0.25, 0.3) is 0 Å². The molecule has 1 saturated carbocycles. The van der Waals surface area contributed by atoms with E-state index in [0.717, 1.165) is 36.4 Å². The Morgan fingerprint density at radius 3 is 2.61 bits per heavy atom. The topological polar surface area (TPSA) is 67.5 Å². The van der Waals surface area contributed by atoms with Crippen molar-refractivity contribution in [2.24, 2.45) is 0 Å². The Labute approximate surface area is 138 Å². The SMILES string of the molecule is CO.COc1cc(CNC2CCCC2)cc2nc(C(C)C)oc12. The summed E-state index contributed by atoms with van der Waals surface area (Å²) >= 11 is 0. The Balaban J connectivity index is 0.000000924. The van der Waals surface area contributed by atoms with Crippen LogP contribution in [0.3, 0.4) is 0 Å². The number of nitrogens with one attached hydrogen (secondary N) is 1. The minimum absolute atomic E-state index is 0.280. The molecule has 1 aliphatic rings. The maximum atomic E-state index is 7.00. The van der Waals surface area contributed by atoms with Crippen LogP contribution in [0.1, 0.15) is 56.9 Å². The number of aliphatic hydroxyl groups excluding tert-OH is 1. The molecular formula is C18H28N2O3. The van der Waals surface area contributed by atoms with Gasteiger partial charge in [-0.3, -0.25) is 0 Å². The first kappa shape index (κ1) is 17.8. The van der Waals surface area contributed by atoms with E-state index >= 15 is 0 Å². The number of nitrogens with zero attached hydrogens (tertiary/aromatic N) is 1. The summed E-state index contributed by atoms with van der Waals surface area (Å²) < 4.78 is 11.3. The third-order valence-electron chi connectivity index (χ3n) is 4.20. The van der Waals surface area contributed by atoms with E-state index in [4.69, 9.17) is 14.3 Å². The lowest BCUT2D eigenvalue weighted by Gasteiger charge is -2.12. The van der Waals surface area contributed by atoms with Gasteiger partial charge in [-0.25, -0.2) is 4.98 Å². The van der Waals surface area contributed by atoms with Crippen molar-refractivity contribution in [3.05, 3.63) is 23.6 Å². The zero-order valence-electron chi connectivity index (χ0n) is 14.6. The summed E-state index contributed by atoms with van der Waals surface area (Å²) in [7, 11) is 2.68. The molecule has 0 radical (unpaired) electrons. The Bertz CT molecular complexity index is 616. The highest BCUT2D eigenvalue weighted by Gasteiger charge is 2.17. The number of ether oxygens (including phenoxy) is 1. The van der Waals surface area contributed by atoms with Gasteiger partial charge in [0.1, 0.15) is 5.52 Å². The van der Waals surface area contributed by atoms with Gasteiger partial charge >= 0.3 is 0 Å². The number of aliphatic hydroxyl groups is 1. The highest BCUT2D eigenvalue weighted by molar-refractivity contribution is 5.80. The number of fused-ring (bicyclic) bond motifs is 1. The van der Waals surface area contributed by atoms with E-state index < -0.39 is 0 Å². The number of hydrogen-bond donors (Lipinski definition) is 2. The fourth-order valence-electron chi connectivity index (χ4n) is 2.97. The highest BCUT2D eigenvalue weighted by atomic mass is 16.5. The second-order valence-electron chi connectivity index (χ2n) is 6.22. The molecule has 1 fully saturated rings. The van der Waals surface area contributed by atoms with E-state index in [0.29, 0.717) is 6.04 Å². The number of benzene rings is 1. The molecule has 1 aliphatic carbocycles. The summed E-state index contributed by atoms with van der Waals surface area (Å²) in [6, 6.07) is 4.82. The van der Waals surface area contributed by atoms with Crippen LogP contribution in [0.5, 0.6) is 5.75 Å². The Hall–Kier alpha value is -1.59. The van der Waals surface area contributed by atoms with Gasteiger partial charge < -0.3 is 19.6 Å². The van der Waals surface area contributed by atoms with E-state index in [-0.39, 0.29) is 5.92 Å². The quantitative estimate of drug-likeness (QED) is 0.881. The lowest BCUT2D eigenvalue weighted by molar-refractivity contribution is 0.399. The molecule has 0 spiro atoms. The van der Waals surface area contributed by atoms with E-state index in [1.807, 2.05) is 0 Å². The number of rotatable bonds is 5. The van der Waals surface area contributed by atoms with Gasteiger partial charge in [0, 0.05) is 25.6 Å². The van der Waals surface area contributed by atoms with Crippen molar-refractivity contribution in [3.8, 4) is 5.75 Å². The molecule has 0 amide bonds. The Morgan fingerprint density at radius 2 is 2.00 bits per heavy atom. The van der Waals surface area contributed by atoms with E-state index in [9.17, 15) is 0 Å². The van der Waals surface area contributed by atoms with Crippen molar-refractivity contribution in [3.63, 3.8) is 0 Å². The van der Waals surface area contributed by atoms with Crippen molar-refractivity contribution >= 4 is 11.1 Å². The van der Waals surface area contributed by atoms with Crippen LogP contribution in [-0.2, 0) is 6.54 Å². The van der Waals surface area contributed by atoms with Crippen LogP contribution in [0.15, 0.2) is 16.5 Å². The van der Waals surface area contributed by atoms with E-state index in [1.165, 1.54) is 31.2 Å². The van der Waals surface area contributed by atoms with Gasteiger partial charge in [-0.1, -0.05) is 26.7 Å². The minimum atomic E-state index is 0.280. The van der Waals surface area contributed by atoms with E-state index in [2.05, 4.69) is 36.3 Å². The standard InChI is InChI=1S/C17H24N2O2.CH4O/c1-11(2)17-19-14-8-12(9-15(20-3)16(14)21-17)10-18-13-6-4-5-7-13;1-2/h8-9,11,13,18H,4-7,10H2,1-3H3;2H,1H3. The summed E-state index contributed by atoms with van der Waals surface area (Å²) in [5.41, 5.74) is 2.85. The van der Waals surface area contributed by atoms with Crippen LogP contribution in [-0.4, -0.2) is 30.4 Å². The van der Waals surface area contributed by atoms with Crippen LogP contribution in [0.4, 0.5) is 0 Å². The molecule has 23 heavy (non-hydrogen) atoms. The van der Waals surface area contributed by atoms with Crippen LogP contribution in [0.2, 0.25) is 0 Å². The molecule has 0 unspecified atom stereocenters. The molecule has 2 N–H and O–H groups in total. The average molecular weight is 320 g/mol. The van der Waals surface area contributed by atoms with Crippen LogP contribution in [0.25, 0.3) is 11.1 Å². The molecule has 2 aromatic rings. The van der Waals surface area contributed by atoms with Crippen molar-refractivity contribution in [1.29, 1.82) is 0 Å². The normalized spacial score (nSPS) is 15.0. The summed E-state index contributed by atoms with van der Waals surface area (Å²) in [6.07, 6.45) is 5.28. The lowest BCUT2D eigenvalue weighted by Crippen LogP contribution is -2.25. The zero-order chi connectivity index (χ0) is 16.8. The summed E-state index contributed by atoms with van der Waals surface area (Å²) in [5.74, 6) is 1.82. The van der Waals surface area contributed by atoms with Crippen molar-refractivity contribution in [2.45, 2.75) is 58.0 Å². The molecule has 1 aromatic carbocycles. The van der Waals surface area contributed by atoms with Gasteiger partial charge in [0.05, 0.1) is 7.11 Å². The number of methoxy groups -OCH3 is 1. The molecule has 0 bridgehead atoms. The molecule has 1 aromatic heterocycles. The second-order valence-corrected chi connectivity index (χ2v) is 6.22. The molecule has 128 valence electrons. The minimum Gasteiger partial charge on any atom is -0.493 e. The molecule has 0 atom stereocenters. The molecule has 3 rings (SSSR count). The first-order chi connectivity index (χ1) is 11.2. The smallest absolute Gasteiger partial charge is 0.198 e. The fourth-order valence-corrected chi connectivity index (χ4v) is 2.97. The third-order valence-corrected chi connectivity index (χ3v) is 4.20. The van der Waals surface area contributed by atoms with Gasteiger partial charge in [0.15, 0.2) is 17.2 Å². The van der Waals surface area contributed by atoms with Crippen LogP contribution < -0.4 is 10.1 Å². The van der Waals surface area contributed by atoms with E-state index in [1.54, 1.807) is 7.11 Å². The van der Waals surface area contributed by atoms with Crippen molar-refractivity contribution in [2.75, 3.05) is 14.2 Å². The average Bonchev–Trinajstić information content (AvgIpc) is 3.23. The van der Waals surface area contributed by atoms with Gasteiger partial charge in [-0.15, -0.1) is 0 Å². The van der Waals surface area contributed by atoms with Crippen LogP contribution in [0, 0.1) is 0 Å². The zero-order valence-corrected chi connectivity index (χ0v) is 14.6. The summed E-state index contributed by atoms with van der Waals surface area (Å²) in [5, 5.41) is 10.6. The fraction of sp³-hybridized carbons (Fsp3) is 0.611. The van der Waals surface area contributed by atoms with Crippen LogP contribution >= 0.6 is 0 Å². The first-order valence-corrected chi connectivity index (χ1v) is 8.33. The maximum absolute atomic E-state index is 7.00. The Kier molecular flexibility index (Phi) is 6.42. The third kappa shape index (κ3) is 4.24. The molecule has 0 saturated heterocycles. The predicted octanol–water partition coefficient (Wildman–Crippen LogP) is 3.60. The van der Waals surface area contributed by atoms with Gasteiger partial charge in [-0.05, 0) is 30.5 Å². The molecule has 0 aliphatic heterocycles. The first-order valence-electron chi connectivity index (χ1n) is 8.33. The predicted molar refractivity (Wildman–Crippen MR) is 91.9 cm³/mol. The Morgan fingerprint density at radius 1 is 1.30 bits per heavy atom. The number of oxazole rings is 1. The maximum Gasteiger partial charge on any atom is 0.198 e. The highest BCUT2D eigenvalue weighted by Crippen LogP contribution is 2.30. The van der Waals surface area contributed by atoms with Gasteiger partial charge in [-0.2, -0.15) is 0 Å². The summed E-state index contributed by atoms with van der Waals surface area (Å²) in [4.78, 5) is 4.59. The molecule has 1 heterocycles.